The summed E-state index contributed by atoms with van der Waals surface area (Å²) in [7, 11) is 0. The molecular weight excluding hydrogens is 736 g/mol. The second kappa shape index (κ2) is 10.4. The Kier molecular flexibility index (Phi) is 8.11. The minimum atomic E-state index is -2.24. The van der Waals surface area contributed by atoms with Gasteiger partial charge in [-0.1, -0.05) is 0 Å². The summed E-state index contributed by atoms with van der Waals surface area (Å²) in [6.45, 7) is 3.12. The van der Waals surface area contributed by atoms with E-state index in [9.17, 15) is 4.79 Å². The van der Waals surface area contributed by atoms with Crippen LogP contribution in [0.1, 0.15) is 12.5 Å². The Morgan fingerprint density at radius 1 is 1.27 bits per heavy atom. The Labute approximate surface area is 203 Å². The summed E-state index contributed by atoms with van der Waals surface area (Å²) in [5.74, 6) is 0.258. The van der Waals surface area contributed by atoms with Crippen LogP contribution >= 0.6 is 69.2 Å². The fourth-order valence-corrected chi connectivity index (χ4v) is 39.9. The number of rotatable bonds is 7. The molecule has 1 aromatic heterocycles. The van der Waals surface area contributed by atoms with Gasteiger partial charge in [0.25, 0.3) is 0 Å². The number of nitrogens with zero attached hydrogens (tertiary/aromatic N) is 1. The number of carbonyl (C=O) groups is 1. The summed E-state index contributed by atoms with van der Waals surface area (Å²) < 4.78 is 16.4. The topological polar surface area (TPSA) is 42.0 Å². The molecule has 1 aromatic carbocycles. The fraction of sp³-hybridized carbons (Fsp3) is 0.435. The molecule has 2 aliphatic heterocycles. The monoisotopic (exact) mass is 766 g/mol. The van der Waals surface area contributed by atoms with Crippen LogP contribution in [0.25, 0.3) is 0 Å². The van der Waals surface area contributed by atoms with Gasteiger partial charge in [-0.15, -0.1) is 0 Å². The maximum atomic E-state index is 12.6. The maximum absolute atomic E-state index is 12.6. The van der Waals surface area contributed by atoms with E-state index in [1.165, 1.54) is 31.4 Å². The van der Waals surface area contributed by atoms with Gasteiger partial charge in [0.2, 0.25) is 0 Å². The van der Waals surface area contributed by atoms with Crippen LogP contribution in [-0.4, -0.2) is 52.4 Å². The van der Waals surface area contributed by atoms with Crippen LogP contribution in [0.5, 0.6) is 0 Å². The van der Waals surface area contributed by atoms with E-state index in [1.54, 1.807) is 3.57 Å². The molecule has 30 heavy (non-hydrogen) atoms. The van der Waals surface area contributed by atoms with Crippen molar-refractivity contribution in [1.29, 1.82) is 0 Å². The van der Waals surface area contributed by atoms with Crippen molar-refractivity contribution >= 4 is 79.6 Å². The summed E-state index contributed by atoms with van der Waals surface area (Å²) in [6.07, 6.45) is 2.86. The van der Waals surface area contributed by atoms with Crippen LogP contribution in [0.4, 0.5) is 0 Å². The number of hydrogen-bond acceptors (Lipinski definition) is 2. The number of alkyl halides is 7. The van der Waals surface area contributed by atoms with E-state index in [-0.39, 0.29) is 5.91 Å². The van der Waals surface area contributed by atoms with Gasteiger partial charge in [-0.05, 0) is 0 Å². The van der Waals surface area contributed by atoms with Gasteiger partial charge in [0.1, 0.15) is 0 Å². The molecule has 7 heteroatoms. The zero-order valence-corrected chi connectivity index (χ0v) is 24.6. The number of aromatic nitrogens is 1. The standard InChI is InChI=1S/C23H30ClI3N2O/c1-18-17-27(2,23-21(25-10-11-25)4-3-14-29-23)13-12-26(18)16-22(30)28-15-9-19-5-7-20(24)8-6-19/h3-8,14,18H,2,9-13,15-17H2,1H3,(H,28,30)/t18-/m1/s1. The van der Waals surface area contributed by atoms with E-state index in [4.69, 9.17) is 21.1 Å². The molecule has 2 aliphatic rings. The Balaban J connectivity index is 1.29. The van der Waals surface area contributed by atoms with Gasteiger partial charge in [-0.2, -0.15) is 0 Å². The number of hydrogen-bond donors (Lipinski definition) is 1. The average molecular weight is 767 g/mol. The van der Waals surface area contributed by atoms with Crippen LogP contribution in [-0.2, 0) is 11.2 Å². The predicted molar refractivity (Wildman–Crippen MR) is 158 cm³/mol. The first-order valence-electron chi connectivity index (χ1n) is 10.2. The number of amides is 1. The first-order chi connectivity index (χ1) is 14.4. The normalized spacial score (nSPS) is 27.9. The molecule has 166 valence electrons. The third-order valence-corrected chi connectivity index (χ3v) is 30.8. The third kappa shape index (κ3) is 5.95. The number of halogens is 4. The van der Waals surface area contributed by atoms with Gasteiger partial charge in [-0.25, -0.2) is 0 Å². The first kappa shape index (κ1) is 23.4. The molecule has 2 saturated heterocycles. The van der Waals surface area contributed by atoms with Gasteiger partial charge in [0, 0.05) is 0 Å². The number of carbonyl (C=O) groups excluding carboxylic acids is 1. The molecule has 2 fully saturated rings. The van der Waals surface area contributed by atoms with Crippen LogP contribution in [0.3, 0.4) is 0 Å². The van der Waals surface area contributed by atoms with E-state index in [0.717, 1.165) is 19.8 Å². The summed E-state index contributed by atoms with van der Waals surface area (Å²) in [4.78, 5) is 17.5. The van der Waals surface area contributed by atoms with Gasteiger partial charge in [0.05, 0.1) is 0 Å². The molecule has 4 rings (SSSR count). The molecular formula is C23H30ClI3N2O. The summed E-state index contributed by atoms with van der Waals surface area (Å²) in [5.41, 5.74) is 1.21. The van der Waals surface area contributed by atoms with Crippen LogP contribution < -0.4 is 5.32 Å². The molecule has 3 heterocycles. The molecule has 0 radical (unpaired) electrons. The molecule has 0 bridgehead atoms. The third-order valence-electron chi connectivity index (χ3n) is 5.41. The van der Waals surface area contributed by atoms with Crippen LogP contribution in [0.2, 0.25) is 5.02 Å². The molecule has 1 unspecified atom stereocenters. The zero-order valence-electron chi connectivity index (χ0n) is 17.4. The van der Waals surface area contributed by atoms with Crippen molar-refractivity contribution in [2.45, 2.75) is 17.3 Å². The van der Waals surface area contributed by atoms with E-state index in [2.05, 4.69) is 24.4 Å². The Morgan fingerprint density at radius 2 is 2.03 bits per heavy atom. The Morgan fingerprint density at radius 3 is 2.73 bits per heavy atom. The molecule has 2 atom stereocenters. The van der Waals surface area contributed by atoms with Crippen molar-refractivity contribution in [3.63, 3.8) is 0 Å². The predicted octanol–water partition coefficient (Wildman–Crippen LogP) is 5.34. The zero-order chi connectivity index (χ0) is 21.1. The Bertz CT molecular complexity index is 946. The van der Waals surface area contributed by atoms with Crippen molar-refractivity contribution < 1.29 is 4.79 Å². The second-order valence-electron chi connectivity index (χ2n) is 7.75. The van der Waals surface area contributed by atoms with Crippen molar-refractivity contribution in [3.05, 3.63) is 60.5 Å². The molecule has 0 spiro atoms. The van der Waals surface area contributed by atoms with Crippen molar-refractivity contribution in [2.75, 3.05) is 33.1 Å². The molecule has 2 aromatic rings. The van der Waals surface area contributed by atoms with E-state index < -0.39 is 57.6 Å². The van der Waals surface area contributed by atoms with Gasteiger partial charge in [0.15, 0.2) is 0 Å². The molecule has 3 nitrogen and oxygen atoms in total. The quantitative estimate of drug-likeness (QED) is 0.235. The summed E-state index contributed by atoms with van der Waals surface area (Å²) >= 11 is 1.60. The SMILES string of the molecule is C=I1(c2ncccc2I2CC2)CCI(CC(=O)NCCc2ccc(Cl)cc2)[C@H](C)C1. The van der Waals surface area contributed by atoms with Crippen molar-refractivity contribution in [3.8, 4) is 0 Å². The van der Waals surface area contributed by atoms with Gasteiger partial charge >= 0.3 is 206 Å². The number of pyridine rings is 1. The Hall–Kier alpha value is 0.190. The first-order valence-corrected chi connectivity index (χ1v) is 24.6. The minimum absolute atomic E-state index is 0.258. The number of nitrogens with one attached hydrogen (secondary N) is 1. The van der Waals surface area contributed by atoms with Gasteiger partial charge < -0.3 is 0 Å². The molecule has 1 amide bonds. The molecule has 0 aliphatic carbocycles. The molecule has 1 N–H and O–H groups in total. The fourth-order valence-electron chi connectivity index (χ4n) is 3.64. The van der Waals surface area contributed by atoms with Crippen LogP contribution in [0.15, 0.2) is 42.6 Å². The van der Waals surface area contributed by atoms with Crippen molar-refractivity contribution in [2.24, 2.45) is 0 Å². The van der Waals surface area contributed by atoms with E-state index >= 15 is 0 Å². The van der Waals surface area contributed by atoms with Crippen LogP contribution in [0, 0.1) is 7.27 Å². The van der Waals surface area contributed by atoms with Crippen molar-refractivity contribution in [1.82, 2.24) is 10.3 Å². The van der Waals surface area contributed by atoms with E-state index in [0.29, 0.717) is 6.54 Å². The second-order valence-corrected chi connectivity index (χ2v) is 29.4. The number of benzene rings is 1. The van der Waals surface area contributed by atoms with E-state index in [1.807, 2.05) is 30.5 Å². The summed E-state index contributed by atoms with van der Waals surface area (Å²) in [6, 6.07) is 12.4. The average Bonchev–Trinajstić information content (AvgIpc) is 3.57. The molecule has 0 saturated carbocycles. The van der Waals surface area contributed by atoms with Gasteiger partial charge in [-0.3, -0.25) is 0 Å². The summed E-state index contributed by atoms with van der Waals surface area (Å²) in [5, 5.41) is 3.91.